The topological polar surface area (TPSA) is 87.7 Å². The molecule has 1 aliphatic carbocycles. The molecule has 2 aliphatic rings. The lowest BCUT2D eigenvalue weighted by atomic mass is 9.80. The van der Waals surface area contributed by atoms with Gasteiger partial charge in [0.2, 0.25) is 5.91 Å². The molecule has 146 valence electrons. The third-order valence-corrected chi connectivity index (χ3v) is 6.25. The van der Waals surface area contributed by atoms with Gasteiger partial charge in [0.15, 0.2) is 0 Å². The molecule has 4 rings (SSSR count). The van der Waals surface area contributed by atoms with E-state index < -0.39 is 17.5 Å². The second-order valence-corrected chi connectivity index (χ2v) is 8.09. The van der Waals surface area contributed by atoms with E-state index in [1.54, 1.807) is 23.5 Å². The number of methoxy groups -OCH3 is 1. The second-order valence-electron chi connectivity index (χ2n) is 7.09. The molecule has 8 heteroatoms. The van der Waals surface area contributed by atoms with Crippen molar-refractivity contribution in [3.05, 3.63) is 45.6 Å². The molecule has 1 aromatic carbocycles. The van der Waals surface area contributed by atoms with Gasteiger partial charge in [-0.25, -0.2) is 4.79 Å². The summed E-state index contributed by atoms with van der Waals surface area (Å²) in [5, 5.41) is 7.53. The van der Waals surface area contributed by atoms with Gasteiger partial charge in [0.1, 0.15) is 17.8 Å². The van der Waals surface area contributed by atoms with Crippen LogP contribution in [0.1, 0.15) is 28.8 Å². The van der Waals surface area contributed by atoms with E-state index in [9.17, 15) is 14.4 Å². The molecule has 1 fully saturated rings. The predicted octanol–water partition coefficient (Wildman–Crippen LogP) is 2.79. The summed E-state index contributed by atoms with van der Waals surface area (Å²) in [4.78, 5) is 40.4. The molecule has 7 nitrogen and oxygen atoms in total. The Morgan fingerprint density at radius 3 is 2.96 bits per heavy atom. The van der Waals surface area contributed by atoms with Gasteiger partial charge in [0, 0.05) is 10.4 Å². The number of imide groups is 1. The predicted molar refractivity (Wildman–Crippen MR) is 106 cm³/mol. The van der Waals surface area contributed by atoms with Gasteiger partial charge in [-0.05, 0) is 55.3 Å². The maximum absolute atomic E-state index is 13.2. The fourth-order valence-electron chi connectivity index (χ4n) is 3.94. The Morgan fingerprint density at radius 1 is 1.36 bits per heavy atom. The average molecular weight is 399 g/mol. The van der Waals surface area contributed by atoms with Crippen LogP contribution < -0.4 is 15.4 Å². The van der Waals surface area contributed by atoms with Crippen molar-refractivity contribution in [2.24, 2.45) is 0 Å². The van der Waals surface area contributed by atoms with Crippen LogP contribution in [0.15, 0.2) is 29.6 Å². The Morgan fingerprint density at radius 2 is 2.18 bits per heavy atom. The molecular weight excluding hydrogens is 378 g/mol. The van der Waals surface area contributed by atoms with E-state index in [4.69, 9.17) is 4.74 Å². The quantitative estimate of drug-likeness (QED) is 0.774. The molecule has 1 aliphatic heterocycles. The summed E-state index contributed by atoms with van der Waals surface area (Å²) >= 11 is 1.60. The zero-order chi connectivity index (χ0) is 19.9. The van der Waals surface area contributed by atoms with E-state index in [0.717, 1.165) is 33.7 Å². The van der Waals surface area contributed by atoms with Crippen molar-refractivity contribution in [3.63, 3.8) is 0 Å². The lowest BCUT2D eigenvalue weighted by molar-refractivity contribution is -0.134. The standard InChI is InChI=1S/C20H21N3O4S/c1-12-5-6-15(27-2)14(10-12)21-17(24)11-23-18(25)20(22-19(23)26)8-3-4-16-13(20)7-9-28-16/h5-7,9-10H,3-4,8,11H2,1-2H3,(H,21,24)(H,22,26)/t20-/m1/s1. The molecule has 2 heterocycles. The summed E-state index contributed by atoms with van der Waals surface area (Å²) in [6.45, 7) is 1.56. The van der Waals surface area contributed by atoms with Crippen LogP contribution in [0.5, 0.6) is 5.75 Å². The first kappa shape index (κ1) is 18.5. The Kier molecular flexibility index (Phi) is 4.58. The van der Waals surface area contributed by atoms with Crippen LogP contribution >= 0.6 is 11.3 Å². The van der Waals surface area contributed by atoms with Crippen molar-refractivity contribution in [2.75, 3.05) is 19.0 Å². The molecule has 1 saturated heterocycles. The Labute approximate surface area is 166 Å². The van der Waals surface area contributed by atoms with Crippen molar-refractivity contribution in [1.82, 2.24) is 10.2 Å². The minimum atomic E-state index is -1.04. The molecule has 1 atom stereocenters. The highest BCUT2D eigenvalue weighted by atomic mass is 32.1. The SMILES string of the molecule is COc1ccc(C)cc1NC(=O)CN1C(=O)N[C@@]2(CCCc3sccc32)C1=O. The lowest BCUT2D eigenvalue weighted by Gasteiger charge is -2.31. The van der Waals surface area contributed by atoms with Gasteiger partial charge in [-0.15, -0.1) is 11.3 Å². The number of hydrogen-bond acceptors (Lipinski definition) is 5. The fourth-order valence-corrected chi connectivity index (χ4v) is 4.94. The van der Waals surface area contributed by atoms with E-state index >= 15 is 0 Å². The summed E-state index contributed by atoms with van der Waals surface area (Å²) in [6.07, 6.45) is 2.27. The van der Waals surface area contributed by atoms with E-state index in [-0.39, 0.29) is 12.5 Å². The van der Waals surface area contributed by atoms with E-state index in [2.05, 4.69) is 10.6 Å². The monoisotopic (exact) mass is 399 g/mol. The van der Waals surface area contributed by atoms with Crippen LogP contribution in [0.2, 0.25) is 0 Å². The number of benzene rings is 1. The molecular formula is C20H21N3O4S. The first-order valence-electron chi connectivity index (χ1n) is 9.10. The molecule has 2 N–H and O–H groups in total. The molecule has 0 saturated carbocycles. The number of anilines is 1. The van der Waals surface area contributed by atoms with Crippen LogP contribution in [-0.4, -0.2) is 36.4 Å². The van der Waals surface area contributed by atoms with Gasteiger partial charge in [-0.2, -0.15) is 0 Å². The summed E-state index contributed by atoms with van der Waals surface area (Å²) < 4.78 is 5.26. The molecule has 0 unspecified atom stereocenters. The van der Waals surface area contributed by atoms with E-state index in [1.165, 1.54) is 7.11 Å². The zero-order valence-corrected chi connectivity index (χ0v) is 16.5. The Hall–Kier alpha value is -2.87. The van der Waals surface area contributed by atoms with E-state index in [0.29, 0.717) is 17.9 Å². The highest BCUT2D eigenvalue weighted by molar-refractivity contribution is 7.10. The molecule has 1 aromatic heterocycles. The zero-order valence-electron chi connectivity index (χ0n) is 15.7. The largest absolute Gasteiger partial charge is 0.495 e. The smallest absolute Gasteiger partial charge is 0.325 e. The number of carbonyl (C=O) groups is 3. The normalized spacial score (nSPS) is 20.9. The number of rotatable bonds is 4. The highest BCUT2D eigenvalue weighted by Gasteiger charge is 2.54. The third kappa shape index (κ3) is 2.93. The molecule has 1 spiro atoms. The van der Waals surface area contributed by atoms with Gasteiger partial charge in [-0.3, -0.25) is 14.5 Å². The van der Waals surface area contributed by atoms with Crippen LogP contribution in [-0.2, 0) is 21.5 Å². The van der Waals surface area contributed by atoms with Crippen molar-refractivity contribution >= 4 is 34.9 Å². The number of thiophene rings is 1. The average Bonchev–Trinajstić information content (AvgIpc) is 3.23. The molecule has 0 radical (unpaired) electrons. The number of nitrogens with zero attached hydrogens (tertiary/aromatic N) is 1. The summed E-state index contributed by atoms with van der Waals surface area (Å²) in [7, 11) is 1.52. The number of ether oxygens (including phenoxy) is 1. The van der Waals surface area contributed by atoms with Crippen molar-refractivity contribution < 1.29 is 19.1 Å². The fraction of sp³-hybridized carbons (Fsp3) is 0.350. The molecule has 2 aromatic rings. The highest BCUT2D eigenvalue weighted by Crippen LogP contribution is 2.42. The summed E-state index contributed by atoms with van der Waals surface area (Å²) in [5.74, 6) is -0.295. The van der Waals surface area contributed by atoms with Gasteiger partial charge < -0.3 is 15.4 Å². The number of aryl methyl sites for hydroxylation is 2. The summed E-state index contributed by atoms with van der Waals surface area (Å²) in [5.41, 5.74) is 1.29. The van der Waals surface area contributed by atoms with Gasteiger partial charge in [-0.1, -0.05) is 6.07 Å². The van der Waals surface area contributed by atoms with Crippen molar-refractivity contribution in [2.45, 2.75) is 31.7 Å². The maximum Gasteiger partial charge on any atom is 0.325 e. The minimum absolute atomic E-state index is 0.344. The maximum atomic E-state index is 13.2. The molecule has 28 heavy (non-hydrogen) atoms. The Balaban J connectivity index is 1.54. The first-order valence-corrected chi connectivity index (χ1v) is 9.98. The molecule has 0 bridgehead atoms. The number of fused-ring (bicyclic) bond motifs is 2. The first-order chi connectivity index (χ1) is 13.4. The van der Waals surface area contributed by atoms with Gasteiger partial charge in [0.25, 0.3) is 5.91 Å². The third-order valence-electron chi connectivity index (χ3n) is 5.27. The van der Waals surface area contributed by atoms with Crippen LogP contribution in [0.25, 0.3) is 0 Å². The number of urea groups is 1. The van der Waals surface area contributed by atoms with Crippen molar-refractivity contribution in [3.8, 4) is 5.75 Å². The van der Waals surface area contributed by atoms with Gasteiger partial charge in [0.05, 0.1) is 12.8 Å². The summed E-state index contributed by atoms with van der Waals surface area (Å²) in [6, 6.07) is 6.78. The number of carbonyl (C=O) groups excluding carboxylic acids is 3. The van der Waals surface area contributed by atoms with Crippen LogP contribution in [0.3, 0.4) is 0 Å². The second kappa shape index (κ2) is 6.94. The van der Waals surface area contributed by atoms with Gasteiger partial charge >= 0.3 is 6.03 Å². The lowest BCUT2D eigenvalue weighted by Crippen LogP contribution is -2.46. The number of hydrogen-bond donors (Lipinski definition) is 2. The number of amides is 4. The van der Waals surface area contributed by atoms with Crippen molar-refractivity contribution in [1.29, 1.82) is 0 Å². The molecule has 4 amide bonds. The van der Waals surface area contributed by atoms with Crippen LogP contribution in [0.4, 0.5) is 10.5 Å². The van der Waals surface area contributed by atoms with Crippen LogP contribution in [0, 0.1) is 6.92 Å². The minimum Gasteiger partial charge on any atom is -0.495 e. The van der Waals surface area contributed by atoms with E-state index in [1.807, 2.05) is 24.4 Å². The Bertz CT molecular complexity index is 970. The number of nitrogens with one attached hydrogen (secondary N) is 2.